The molecule has 24 heavy (non-hydrogen) atoms. The average molecular weight is 358 g/mol. The van der Waals surface area contributed by atoms with E-state index in [4.69, 9.17) is 15.6 Å². The summed E-state index contributed by atoms with van der Waals surface area (Å²) < 4.78 is 0. The molecule has 1 aliphatic rings. The van der Waals surface area contributed by atoms with Gasteiger partial charge in [0.15, 0.2) is 5.13 Å². The van der Waals surface area contributed by atoms with Gasteiger partial charge in [0.05, 0.1) is 18.7 Å². The van der Waals surface area contributed by atoms with Crippen molar-refractivity contribution in [1.29, 1.82) is 0 Å². The molecule has 1 atom stereocenters. The molecule has 1 fully saturated rings. The van der Waals surface area contributed by atoms with Crippen molar-refractivity contribution in [3.63, 3.8) is 0 Å². The van der Waals surface area contributed by atoms with Crippen LogP contribution in [0.25, 0.3) is 0 Å². The molecule has 1 saturated heterocycles. The Balaban J connectivity index is 0.000000891. The molecule has 9 heteroatoms. The van der Waals surface area contributed by atoms with Crippen molar-refractivity contribution >= 4 is 28.8 Å². The van der Waals surface area contributed by atoms with Gasteiger partial charge in [0.2, 0.25) is 5.91 Å². The summed E-state index contributed by atoms with van der Waals surface area (Å²) in [5.41, 5.74) is 6.47. The van der Waals surface area contributed by atoms with Crippen LogP contribution >= 0.6 is 11.3 Å². The number of aliphatic hydroxyl groups is 1. The van der Waals surface area contributed by atoms with Gasteiger partial charge in [-0.2, -0.15) is 0 Å². The maximum atomic E-state index is 11.9. The Labute approximate surface area is 145 Å². The second-order valence-electron chi connectivity index (χ2n) is 5.56. The summed E-state index contributed by atoms with van der Waals surface area (Å²) in [5, 5.41) is 19.7. The van der Waals surface area contributed by atoms with E-state index in [2.05, 4.69) is 15.2 Å². The number of anilines is 1. The Morgan fingerprint density at radius 3 is 2.83 bits per heavy atom. The Hall–Kier alpha value is -1.71. The lowest BCUT2D eigenvalue weighted by atomic mass is 10.0. The number of rotatable bonds is 6. The molecule has 1 aromatic heterocycles. The van der Waals surface area contributed by atoms with E-state index in [9.17, 15) is 9.90 Å². The van der Waals surface area contributed by atoms with Crippen LogP contribution in [0, 0.1) is 6.92 Å². The molecule has 2 heterocycles. The number of piperidine rings is 1. The Bertz CT molecular complexity index is 524. The van der Waals surface area contributed by atoms with Crippen molar-refractivity contribution in [2.45, 2.75) is 38.6 Å². The van der Waals surface area contributed by atoms with Crippen molar-refractivity contribution in [2.75, 3.05) is 32.0 Å². The van der Waals surface area contributed by atoms with Crippen LogP contribution in [0.5, 0.6) is 0 Å². The molecule has 2 rings (SSSR count). The highest BCUT2D eigenvalue weighted by molar-refractivity contribution is 7.15. The number of aliphatic hydroxyl groups excluding tert-OH is 1. The van der Waals surface area contributed by atoms with Gasteiger partial charge >= 0.3 is 0 Å². The molecule has 0 aromatic carbocycles. The van der Waals surface area contributed by atoms with Gasteiger partial charge in [-0.3, -0.25) is 14.5 Å². The van der Waals surface area contributed by atoms with Gasteiger partial charge in [-0.25, -0.2) is 4.98 Å². The van der Waals surface area contributed by atoms with E-state index in [0.29, 0.717) is 18.1 Å². The summed E-state index contributed by atoms with van der Waals surface area (Å²) in [6.45, 7) is 4.23. The summed E-state index contributed by atoms with van der Waals surface area (Å²) in [5.74, 6) is -0.000641. The highest BCUT2D eigenvalue weighted by atomic mass is 32.1. The van der Waals surface area contributed by atoms with Crippen LogP contribution in [0.15, 0.2) is 0 Å². The predicted molar refractivity (Wildman–Crippen MR) is 93.0 cm³/mol. The van der Waals surface area contributed by atoms with Crippen LogP contribution in [0.4, 0.5) is 5.13 Å². The first-order valence-corrected chi connectivity index (χ1v) is 8.74. The Kier molecular flexibility index (Phi) is 9.28. The zero-order valence-electron chi connectivity index (χ0n) is 13.9. The number of hydrogen-bond donors (Lipinski definition) is 4. The van der Waals surface area contributed by atoms with E-state index in [0.717, 1.165) is 30.1 Å². The lowest BCUT2D eigenvalue weighted by Crippen LogP contribution is -2.45. The van der Waals surface area contributed by atoms with Crippen LogP contribution in [0.3, 0.4) is 0 Å². The summed E-state index contributed by atoms with van der Waals surface area (Å²) in [4.78, 5) is 27.6. The average Bonchev–Trinajstić information content (AvgIpc) is 2.86. The van der Waals surface area contributed by atoms with Gasteiger partial charge in [0.25, 0.3) is 6.47 Å². The minimum absolute atomic E-state index is 0.000641. The Morgan fingerprint density at radius 2 is 2.25 bits per heavy atom. The van der Waals surface area contributed by atoms with Crippen molar-refractivity contribution in [1.82, 2.24) is 15.2 Å². The Morgan fingerprint density at radius 1 is 1.54 bits per heavy atom. The fourth-order valence-corrected chi connectivity index (χ4v) is 3.55. The van der Waals surface area contributed by atoms with Gasteiger partial charge in [0, 0.05) is 24.0 Å². The molecule has 5 N–H and O–H groups in total. The van der Waals surface area contributed by atoms with Crippen molar-refractivity contribution < 1.29 is 19.8 Å². The number of carbonyl (C=O) groups is 2. The summed E-state index contributed by atoms with van der Waals surface area (Å²) in [6.07, 6.45) is 3.73. The molecule has 1 unspecified atom stereocenters. The van der Waals surface area contributed by atoms with E-state index < -0.39 is 0 Å². The fraction of sp³-hybridized carbons (Fsp3) is 0.667. The second kappa shape index (κ2) is 11.0. The van der Waals surface area contributed by atoms with Gasteiger partial charge < -0.3 is 21.3 Å². The van der Waals surface area contributed by atoms with Crippen molar-refractivity contribution in [3.8, 4) is 0 Å². The zero-order chi connectivity index (χ0) is 17.9. The van der Waals surface area contributed by atoms with E-state index in [-0.39, 0.29) is 25.0 Å². The molecule has 1 amide bonds. The third-order valence-corrected chi connectivity index (χ3v) is 4.90. The summed E-state index contributed by atoms with van der Waals surface area (Å²) >= 11 is 1.37. The second-order valence-corrected chi connectivity index (χ2v) is 6.68. The number of aromatic nitrogens is 1. The van der Waals surface area contributed by atoms with Gasteiger partial charge in [0.1, 0.15) is 0 Å². The van der Waals surface area contributed by atoms with E-state index >= 15 is 0 Å². The zero-order valence-corrected chi connectivity index (χ0v) is 14.7. The first-order chi connectivity index (χ1) is 11.5. The van der Waals surface area contributed by atoms with Crippen LogP contribution in [-0.4, -0.2) is 64.8 Å². The molecule has 0 aliphatic carbocycles. The minimum atomic E-state index is -0.250. The van der Waals surface area contributed by atoms with E-state index in [1.165, 1.54) is 24.2 Å². The maximum absolute atomic E-state index is 11.9. The first kappa shape index (κ1) is 20.3. The molecule has 1 aliphatic heterocycles. The lowest BCUT2D eigenvalue weighted by Gasteiger charge is -2.34. The van der Waals surface area contributed by atoms with Gasteiger partial charge in [-0.1, -0.05) is 6.42 Å². The number of nitrogens with zero attached hydrogens (tertiary/aromatic N) is 2. The molecule has 0 saturated carbocycles. The highest BCUT2D eigenvalue weighted by Crippen LogP contribution is 2.20. The number of nitrogens with two attached hydrogens (primary N) is 1. The third kappa shape index (κ3) is 6.81. The van der Waals surface area contributed by atoms with Crippen molar-refractivity contribution in [2.24, 2.45) is 0 Å². The van der Waals surface area contributed by atoms with Crippen LogP contribution in [0.1, 0.15) is 29.8 Å². The van der Waals surface area contributed by atoms with Crippen LogP contribution in [-0.2, 0) is 16.0 Å². The molecular formula is C15H26N4O4S. The van der Waals surface area contributed by atoms with Gasteiger partial charge in [-0.05, 0) is 26.3 Å². The lowest BCUT2D eigenvalue weighted by molar-refractivity contribution is -0.123. The topological polar surface area (TPSA) is 129 Å². The van der Waals surface area contributed by atoms with Crippen LogP contribution in [0.2, 0.25) is 0 Å². The number of nitrogens with one attached hydrogen (secondary N) is 1. The molecule has 0 bridgehead atoms. The fourth-order valence-electron chi connectivity index (χ4n) is 2.72. The quantitative estimate of drug-likeness (QED) is 0.536. The molecule has 8 nitrogen and oxygen atoms in total. The predicted octanol–water partition coefficient (Wildman–Crippen LogP) is 0.240. The number of thiazole rings is 1. The maximum Gasteiger partial charge on any atom is 0.290 e. The number of carbonyl (C=O) groups excluding carboxylic acids is 1. The minimum Gasteiger partial charge on any atom is -0.483 e. The molecule has 0 radical (unpaired) electrons. The number of likely N-dealkylation sites (tertiary alicyclic amines) is 1. The normalized spacial score (nSPS) is 17.7. The van der Waals surface area contributed by atoms with Gasteiger partial charge in [-0.15, -0.1) is 11.3 Å². The number of hydrogen-bond acceptors (Lipinski definition) is 7. The number of carboxylic acid groups (broad SMARTS) is 1. The summed E-state index contributed by atoms with van der Waals surface area (Å²) in [7, 11) is 0. The SMILES string of the molecule is Cc1nc(N)sc1CC(=O)NCCN1CCCCC1CO.O=CO. The largest absolute Gasteiger partial charge is 0.483 e. The standard InChI is InChI=1S/C14H24N4O2S.CH2O2/c1-10-12(21-14(15)17-10)8-13(20)16-5-7-18-6-3-2-4-11(18)9-19;2-1-3/h11,19H,2-9H2,1H3,(H2,15,17)(H,16,20);1H,(H,2,3). The third-order valence-electron chi connectivity index (χ3n) is 3.91. The van der Waals surface area contributed by atoms with E-state index in [1.807, 2.05) is 6.92 Å². The van der Waals surface area contributed by atoms with Crippen LogP contribution < -0.4 is 11.1 Å². The summed E-state index contributed by atoms with van der Waals surface area (Å²) in [6, 6.07) is 0.249. The monoisotopic (exact) mass is 358 g/mol. The number of nitrogen functional groups attached to an aromatic ring is 1. The van der Waals surface area contributed by atoms with Crippen molar-refractivity contribution in [3.05, 3.63) is 10.6 Å². The molecule has 136 valence electrons. The molecule has 0 spiro atoms. The number of aryl methyl sites for hydroxylation is 1. The number of amides is 1. The first-order valence-electron chi connectivity index (χ1n) is 7.93. The van der Waals surface area contributed by atoms with E-state index in [1.54, 1.807) is 0 Å². The molecule has 1 aromatic rings. The smallest absolute Gasteiger partial charge is 0.290 e. The molecular weight excluding hydrogens is 332 g/mol. The highest BCUT2D eigenvalue weighted by Gasteiger charge is 2.21.